The van der Waals surface area contributed by atoms with Crippen LogP contribution < -0.4 is 10.6 Å². The van der Waals surface area contributed by atoms with Gasteiger partial charge in [0.2, 0.25) is 11.8 Å². The van der Waals surface area contributed by atoms with E-state index >= 15 is 0 Å². The molecule has 1 aromatic rings. The summed E-state index contributed by atoms with van der Waals surface area (Å²) < 4.78 is 7.33. The van der Waals surface area contributed by atoms with Crippen LogP contribution in [-0.4, -0.2) is 83.9 Å². The van der Waals surface area contributed by atoms with E-state index in [1.807, 2.05) is 6.92 Å². The molecule has 10 nitrogen and oxygen atoms in total. The van der Waals surface area contributed by atoms with Crippen molar-refractivity contribution >= 4 is 23.5 Å². The van der Waals surface area contributed by atoms with Gasteiger partial charge in [0.05, 0.1) is 30.6 Å². The van der Waals surface area contributed by atoms with E-state index in [2.05, 4.69) is 15.7 Å². The van der Waals surface area contributed by atoms with E-state index in [0.717, 1.165) is 6.42 Å². The first-order valence-corrected chi connectivity index (χ1v) is 9.45. The number of amides is 4. The zero-order valence-corrected chi connectivity index (χ0v) is 17.0. The Morgan fingerprint density at radius 3 is 2.75 bits per heavy atom. The van der Waals surface area contributed by atoms with Crippen molar-refractivity contribution in [1.29, 1.82) is 0 Å². The number of nitrogens with zero attached hydrogens (tertiary/aromatic N) is 4. The quantitative estimate of drug-likeness (QED) is 0.674. The number of likely N-dealkylation sites (N-methyl/N-ethyl adjacent to an activating group) is 1. The molecule has 0 bridgehead atoms. The number of hydrogen-bond donors (Lipinski definition) is 2. The Kier molecular flexibility index (Phi) is 7.80. The molecule has 10 heteroatoms. The average molecular weight is 394 g/mol. The number of likely N-dealkylation sites (tertiary alicyclic amines) is 1. The number of aromatic nitrogens is 2. The van der Waals surface area contributed by atoms with Crippen molar-refractivity contribution in [2.45, 2.75) is 38.8 Å². The highest BCUT2D eigenvalue weighted by Crippen LogP contribution is 2.28. The van der Waals surface area contributed by atoms with Gasteiger partial charge in [0.15, 0.2) is 0 Å². The number of hydrogen-bond acceptors (Lipinski definition) is 5. The third-order valence-electron chi connectivity index (χ3n) is 4.51. The van der Waals surface area contributed by atoms with Crippen molar-refractivity contribution in [2.75, 3.05) is 45.7 Å². The third kappa shape index (κ3) is 5.95. The van der Waals surface area contributed by atoms with Crippen molar-refractivity contribution in [3.63, 3.8) is 0 Å². The summed E-state index contributed by atoms with van der Waals surface area (Å²) in [5.41, 5.74) is 0.616. The topological polar surface area (TPSA) is 109 Å². The van der Waals surface area contributed by atoms with Crippen molar-refractivity contribution in [3.05, 3.63) is 12.4 Å². The number of carbonyl (C=O) groups is 3. The number of rotatable bonds is 8. The van der Waals surface area contributed by atoms with Crippen LogP contribution in [0, 0.1) is 0 Å². The summed E-state index contributed by atoms with van der Waals surface area (Å²) >= 11 is 0. The Morgan fingerprint density at radius 1 is 1.36 bits per heavy atom. The molecule has 28 heavy (non-hydrogen) atoms. The fourth-order valence-electron chi connectivity index (χ4n) is 3.04. The summed E-state index contributed by atoms with van der Waals surface area (Å²) in [6.07, 6.45) is 4.84. The number of urea groups is 1. The molecule has 2 heterocycles. The summed E-state index contributed by atoms with van der Waals surface area (Å²) in [5.74, 6) is -0.285. The van der Waals surface area contributed by atoms with Gasteiger partial charge in [0.25, 0.3) is 0 Å². The SMILES string of the molecule is CCCNC(=O)N1C[C@@H](n2cc(NC(C)=O)cn2)C[C@H]1COCC(=O)N(C)C. The Labute approximate surface area is 165 Å². The summed E-state index contributed by atoms with van der Waals surface area (Å²) in [4.78, 5) is 38.7. The molecule has 1 aromatic heterocycles. The molecule has 2 N–H and O–H groups in total. The molecule has 0 radical (unpaired) electrons. The van der Waals surface area contributed by atoms with Crippen LogP contribution in [0.15, 0.2) is 12.4 Å². The predicted octanol–water partition coefficient (Wildman–Crippen LogP) is 0.681. The molecule has 0 aromatic carbocycles. The maximum Gasteiger partial charge on any atom is 0.317 e. The van der Waals surface area contributed by atoms with Crippen LogP contribution in [0.25, 0.3) is 0 Å². The second-order valence-corrected chi connectivity index (χ2v) is 7.12. The molecule has 0 spiro atoms. The van der Waals surface area contributed by atoms with Crippen molar-refractivity contribution < 1.29 is 19.1 Å². The summed E-state index contributed by atoms with van der Waals surface area (Å²) in [7, 11) is 3.35. The van der Waals surface area contributed by atoms with Crippen LogP contribution in [-0.2, 0) is 14.3 Å². The predicted molar refractivity (Wildman–Crippen MR) is 104 cm³/mol. The van der Waals surface area contributed by atoms with E-state index in [4.69, 9.17) is 4.74 Å². The number of nitrogens with one attached hydrogen (secondary N) is 2. The van der Waals surface area contributed by atoms with Gasteiger partial charge in [-0.1, -0.05) is 6.92 Å². The number of anilines is 1. The van der Waals surface area contributed by atoms with Crippen molar-refractivity contribution in [3.8, 4) is 0 Å². The first-order chi connectivity index (χ1) is 13.3. The summed E-state index contributed by atoms with van der Waals surface area (Å²) in [6.45, 7) is 4.76. The fraction of sp³-hybridized carbons (Fsp3) is 0.667. The molecule has 0 aliphatic carbocycles. The zero-order chi connectivity index (χ0) is 20.7. The van der Waals surface area contributed by atoms with Crippen LogP contribution in [0.4, 0.5) is 10.5 Å². The number of ether oxygens (including phenoxy) is 1. The third-order valence-corrected chi connectivity index (χ3v) is 4.51. The zero-order valence-electron chi connectivity index (χ0n) is 17.0. The minimum absolute atomic E-state index is 0.0208. The molecule has 1 aliphatic rings. The highest BCUT2D eigenvalue weighted by atomic mass is 16.5. The van der Waals surface area contributed by atoms with Crippen LogP contribution >= 0.6 is 0 Å². The standard InChI is InChI=1S/C18H30N6O4/c1-5-6-19-18(27)23-10-15(24-9-14(8-20-24)21-13(2)25)7-16(23)11-28-12-17(26)22(3)4/h8-9,15-16H,5-7,10-12H2,1-4H3,(H,19,27)(H,21,25)/t15-,16-/m0/s1. The molecule has 4 amide bonds. The Hall–Kier alpha value is -2.62. The lowest BCUT2D eigenvalue weighted by Gasteiger charge is -2.24. The second-order valence-electron chi connectivity index (χ2n) is 7.12. The van der Waals surface area contributed by atoms with Gasteiger partial charge >= 0.3 is 6.03 Å². The average Bonchev–Trinajstić information content (AvgIpc) is 3.26. The minimum Gasteiger partial charge on any atom is -0.369 e. The summed E-state index contributed by atoms with van der Waals surface area (Å²) in [5, 5.41) is 9.91. The van der Waals surface area contributed by atoms with E-state index in [1.165, 1.54) is 11.8 Å². The van der Waals surface area contributed by atoms with Gasteiger partial charge in [-0.15, -0.1) is 0 Å². The molecule has 2 rings (SSSR count). The lowest BCUT2D eigenvalue weighted by molar-refractivity contribution is -0.134. The molecular formula is C18H30N6O4. The van der Waals surface area contributed by atoms with Crippen molar-refractivity contribution in [1.82, 2.24) is 24.9 Å². The van der Waals surface area contributed by atoms with Crippen LogP contribution in [0.3, 0.4) is 0 Å². The van der Waals surface area contributed by atoms with Gasteiger partial charge in [-0.3, -0.25) is 14.3 Å². The molecular weight excluding hydrogens is 364 g/mol. The summed E-state index contributed by atoms with van der Waals surface area (Å²) in [6, 6.07) is -0.343. The van der Waals surface area contributed by atoms with E-state index in [1.54, 1.807) is 36.1 Å². The Balaban J connectivity index is 2.03. The van der Waals surface area contributed by atoms with Crippen LogP contribution in [0.1, 0.15) is 32.7 Å². The largest absolute Gasteiger partial charge is 0.369 e. The minimum atomic E-state index is -0.164. The van der Waals surface area contributed by atoms with Crippen molar-refractivity contribution in [2.24, 2.45) is 0 Å². The van der Waals surface area contributed by atoms with E-state index in [0.29, 0.717) is 25.2 Å². The first-order valence-electron chi connectivity index (χ1n) is 9.45. The highest BCUT2D eigenvalue weighted by Gasteiger charge is 2.36. The first kappa shape index (κ1) is 21.7. The van der Waals surface area contributed by atoms with Crippen LogP contribution in [0.5, 0.6) is 0 Å². The molecule has 0 saturated carbocycles. The van der Waals surface area contributed by atoms with E-state index in [9.17, 15) is 14.4 Å². The van der Waals surface area contributed by atoms with Crippen LogP contribution in [0.2, 0.25) is 0 Å². The van der Waals surface area contributed by atoms with E-state index < -0.39 is 0 Å². The maximum atomic E-state index is 12.5. The van der Waals surface area contributed by atoms with Gasteiger partial charge in [-0.25, -0.2) is 4.79 Å². The highest BCUT2D eigenvalue weighted by molar-refractivity contribution is 5.88. The Morgan fingerprint density at radius 2 is 2.11 bits per heavy atom. The number of carbonyl (C=O) groups excluding carboxylic acids is 3. The van der Waals surface area contributed by atoms with Gasteiger partial charge in [-0.2, -0.15) is 5.10 Å². The maximum absolute atomic E-state index is 12.5. The molecule has 1 saturated heterocycles. The lowest BCUT2D eigenvalue weighted by Crippen LogP contribution is -2.45. The van der Waals surface area contributed by atoms with Gasteiger partial charge in [0, 0.05) is 40.3 Å². The smallest absolute Gasteiger partial charge is 0.317 e. The molecule has 2 atom stereocenters. The van der Waals surface area contributed by atoms with Gasteiger partial charge in [-0.05, 0) is 12.8 Å². The molecule has 1 fully saturated rings. The normalized spacial score (nSPS) is 18.8. The lowest BCUT2D eigenvalue weighted by atomic mass is 10.2. The molecule has 1 aliphatic heterocycles. The van der Waals surface area contributed by atoms with Gasteiger partial charge in [0.1, 0.15) is 6.61 Å². The molecule has 156 valence electrons. The Bertz CT molecular complexity index is 689. The second kappa shape index (κ2) is 10.1. The molecule has 0 unspecified atom stereocenters. The van der Waals surface area contributed by atoms with E-state index in [-0.39, 0.29) is 43.1 Å². The fourth-order valence-corrected chi connectivity index (χ4v) is 3.04. The van der Waals surface area contributed by atoms with Gasteiger partial charge < -0.3 is 25.2 Å². The monoisotopic (exact) mass is 394 g/mol.